The van der Waals surface area contributed by atoms with Crippen molar-refractivity contribution in [1.29, 1.82) is 0 Å². The van der Waals surface area contributed by atoms with Crippen molar-refractivity contribution in [1.82, 2.24) is 0 Å². The van der Waals surface area contributed by atoms with Gasteiger partial charge >= 0.3 is 13.6 Å². The molecule has 136 valence electrons. The third-order valence-electron chi connectivity index (χ3n) is 4.19. The molecule has 0 radical (unpaired) electrons. The van der Waals surface area contributed by atoms with Crippen LogP contribution in [0.2, 0.25) is 0 Å². The molecule has 0 aliphatic carbocycles. The van der Waals surface area contributed by atoms with Crippen molar-refractivity contribution in [2.24, 2.45) is 0 Å². The molecule has 0 N–H and O–H groups in total. The van der Waals surface area contributed by atoms with E-state index < -0.39 is 21.7 Å². The molecule has 0 aliphatic rings. The molecule has 0 saturated heterocycles. The van der Waals surface area contributed by atoms with Gasteiger partial charge in [0.1, 0.15) is 0 Å². The molecule has 3 nitrogen and oxygen atoms in total. The number of hydrogen-bond acceptors (Lipinski definition) is 3. The molecule has 1 unspecified atom stereocenters. The van der Waals surface area contributed by atoms with Crippen molar-refractivity contribution in [3.8, 4) is 0 Å². The Labute approximate surface area is 162 Å². The monoisotopic (exact) mass is 395 g/mol. The average Bonchev–Trinajstić information content (AvgIpc) is 2.66. The van der Waals surface area contributed by atoms with Crippen LogP contribution in [0.15, 0.2) is 72.8 Å². The molecule has 0 aromatic heterocycles. The fraction of sp³-hybridized carbons (Fsp3) is 0.136. The molecule has 0 fully saturated rings. The topological polar surface area (TPSA) is 43.4 Å². The molecule has 27 heavy (non-hydrogen) atoms. The second kappa shape index (κ2) is 8.67. The summed E-state index contributed by atoms with van der Waals surface area (Å²) in [7, 11) is -3.85. The Bertz CT molecular complexity index is 907. The van der Waals surface area contributed by atoms with Crippen LogP contribution in [-0.4, -0.2) is 5.52 Å². The highest BCUT2D eigenvalue weighted by Gasteiger charge is 2.39. The molecular formula is C22H21O3P2+. The third-order valence-corrected chi connectivity index (χ3v) is 7.53. The Balaban J connectivity index is 1.93. The minimum absolute atomic E-state index is 0.445. The smallest absolute Gasteiger partial charge is 0.231 e. The van der Waals surface area contributed by atoms with Crippen molar-refractivity contribution in [3.05, 3.63) is 95.1 Å². The van der Waals surface area contributed by atoms with Crippen LogP contribution < -0.4 is 10.6 Å². The Morgan fingerprint density at radius 2 is 1.26 bits per heavy atom. The van der Waals surface area contributed by atoms with Crippen LogP contribution >= 0.6 is 16.2 Å². The van der Waals surface area contributed by atoms with Gasteiger partial charge in [-0.2, -0.15) is 0 Å². The number of carbonyl (C=O) groups excluding carboxylic acids is 1. The van der Waals surface area contributed by atoms with Crippen LogP contribution in [-0.2, 0) is 8.88 Å². The van der Waals surface area contributed by atoms with Gasteiger partial charge in [0.05, 0.1) is 5.56 Å². The molecule has 0 amide bonds. The minimum atomic E-state index is -2.51. The highest BCUT2D eigenvalue weighted by Crippen LogP contribution is 2.47. The first-order chi connectivity index (χ1) is 13.0. The number of carbonyl (C=O) groups is 1. The maximum Gasteiger partial charge on any atom is 0.596 e. The Hall–Kier alpha value is -2.18. The van der Waals surface area contributed by atoms with Crippen molar-refractivity contribution < 1.29 is 13.7 Å². The van der Waals surface area contributed by atoms with Crippen molar-refractivity contribution in [2.45, 2.75) is 20.8 Å². The van der Waals surface area contributed by atoms with Crippen LogP contribution in [0.3, 0.4) is 0 Å². The van der Waals surface area contributed by atoms with Crippen molar-refractivity contribution >= 4 is 32.3 Å². The first kappa shape index (κ1) is 19.6. The quantitative estimate of drug-likeness (QED) is 0.514. The molecular weight excluding hydrogens is 374 g/mol. The Morgan fingerprint density at radius 3 is 1.70 bits per heavy atom. The summed E-state index contributed by atoms with van der Waals surface area (Å²) >= 11 is 0. The lowest BCUT2D eigenvalue weighted by atomic mass is 10.0. The zero-order chi connectivity index (χ0) is 19.4. The minimum Gasteiger partial charge on any atom is -0.231 e. The fourth-order valence-electron chi connectivity index (χ4n) is 3.09. The van der Waals surface area contributed by atoms with Crippen LogP contribution in [0.25, 0.3) is 0 Å². The summed E-state index contributed by atoms with van der Waals surface area (Å²) in [4.78, 5) is 12.9. The summed E-state index contributed by atoms with van der Waals surface area (Å²) in [6.45, 7) is 5.72. The lowest BCUT2D eigenvalue weighted by Gasteiger charge is -2.11. The van der Waals surface area contributed by atoms with E-state index in [1.807, 2.05) is 93.6 Å². The number of benzene rings is 3. The van der Waals surface area contributed by atoms with Gasteiger partial charge in [-0.05, 0) is 36.5 Å². The maximum absolute atomic E-state index is 12.9. The normalized spacial score (nSPS) is 11.5. The van der Waals surface area contributed by atoms with E-state index in [0.29, 0.717) is 5.56 Å². The second-order valence-electron chi connectivity index (χ2n) is 6.38. The number of hydrogen-bond donors (Lipinski definition) is 0. The summed E-state index contributed by atoms with van der Waals surface area (Å²) in [5, 5.41) is 1.85. The van der Waals surface area contributed by atoms with Gasteiger partial charge in [-0.3, -0.25) is 0 Å². The molecule has 0 bridgehead atoms. The molecule has 3 aromatic rings. The van der Waals surface area contributed by atoms with E-state index >= 15 is 0 Å². The zero-order valence-corrected chi connectivity index (χ0v) is 17.3. The third kappa shape index (κ3) is 4.57. The molecule has 0 saturated carbocycles. The van der Waals surface area contributed by atoms with Gasteiger partial charge in [-0.15, -0.1) is 4.31 Å². The lowest BCUT2D eigenvalue weighted by molar-refractivity contribution is 0.106. The van der Waals surface area contributed by atoms with E-state index in [1.165, 1.54) is 0 Å². The molecule has 3 rings (SSSR count). The average molecular weight is 395 g/mol. The van der Waals surface area contributed by atoms with Crippen LogP contribution in [0.5, 0.6) is 0 Å². The highest BCUT2D eigenvalue weighted by atomic mass is 31.2. The van der Waals surface area contributed by atoms with Gasteiger partial charge in [0.2, 0.25) is 0 Å². The van der Waals surface area contributed by atoms with Gasteiger partial charge in [0.15, 0.2) is 8.15 Å². The maximum atomic E-state index is 12.9. The number of rotatable bonds is 6. The molecule has 0 aliphatic heterocycles. The van der Waals surface area contributed by atoms with Gasteiger partial charge in [0, 0.05) is 10.6 Å². The van der Waals surface area contributed by atoms with Gasteiger partial charge < -0.3 is 0 Å². The van der Waals surface area contributed by atoms with Crippen molar-refractivity contribution in [2.75, 3.05) is 0 Å². The van der Waals surface area contributed by atoms with Crippen LogP contribution in [0.4, 0.5) is 0 Å². The predicted molar refractivity (Wildman–Crippen MR) is 113 cm³/mol. The van der Waals surface area contributed by atoms with Crippen LogP contribution in [0.1, 0.15) is 27.0 Å². The second-order valence-corrected chi connectivity index (χ2v) is 9.58. The first-order valence-electron chi connectivity index (χ1n) is 8.65. The summed E-state index contributed by atoms with van der Waals surface area (Å²) < 4.78 is 18.8. The zero-order valence-electron chi connectivity index (χ0n) is 15.5. The first-order valence-corrected chi connectivity index (χ1v) is 11.1. The Morgan fingerprint density at radius 1 is 0.815 bits per heavy atom. The van der Waals surface area contributed by atoms with E-state index in [1.54, 1.807) is 0 Å². The van der Waals surface area contributed by atoms with E-state index in [2.05, 4.69) is 0 Å². The fourth-order valence-corrected chi connectivity index (χ4v) is 6.45. The largest absolute Gasteiger partial charge is 0.596 e. The summed E-state index contributed by atoms with van der Waals surface area (Å²) in [6, 6.07) is 23.1. The summed E-state index contributed by atoms with van der Waals surface area (Å²) in [6.07, 6.45) is 0. The van der Waals surface area contributed by atoms with Gasteiger partial charge in [-0.25, -0.2) is 4.79 Å². The van der Waals surface area contributed by atoms with Crippen LogP contribution in [0, 0.1) is 20.8 Å². The van der Waals surface area contributed by atoms with Crippen molar-refractivity contribution in [3.63, 3.8) is 0 Å². The van der Waals surface area contributed by atoms with Gasteiger partial charge in [-0.1, -0.05) is 78.4 Å². The predicted octanol–water partition coefficient (Wildman–Crippen LogP) is 5.56. The molecule has 0 heterocycles. The molecule has 0 spiro atoms. The SMILES string of the molecule is Cc1cc(C)c(C(=O)[P+](=O)OP(c2ccccc2)c2ccccc2)c(C)c1. The number of aryl methyl sites for hydroxylation is 3. The standard InChI is InChI=1S/C22H21O3P2/c1-16-14-17(2)21(18(3)15-16)22(23)27(24)25-26(19-10-6-4-7-11-19)20-12-8-5-9-13-20/h4-15H,1-3H3/q+1. The van der Waals surface area contributed by atoms with E-state index in [-0.39, 0.29) is 0 Å². The van der Waals surface area contributed by atoms with E-state index in [0.717, 1.165) is 27.3 Å². The molecule has 3 aromatic carbocycles. The van der Waals surface area contributed by atoms with E-state index in [4.69, 9.17) is 4.31 Å². The summed E-state index contributed by atoms with van der Waals surface area (Å²) in [5.41, 5.74) is 2.78. The summed E-state index contributed by atoms with van der Waals surface area (Å²) in [5.74, 6) is 0. The highest BCUT2D eigenvalue weighted by molar-refractivity contribution is 7.77. The lowest BCUT2D eigenvalue weighted by Crippen LogP contribution is -2.12. The molecule has 5 heteroatoms. The molecule has 1 atom stereocenters. The van der Waals surface area contributed by atoms with Gasteiger partial charge in [0.25, 0.3) is 0 Å². The Kier molecular flexibility index (Phi) is 6.29. The van der Waals surface area contributed by atoms with E-state index in [9.17, 15) is 9.36 Å².